The van der Waals surface area contributed by atoms with Crippen molar-refractivity contribution in [2.75, 3.05) is 23.7 Å². The molecule has 1 aromatic heterocycles. The Bertz CT molecular complexity index is 997. The zero-order valence-corrected chi connectivity index (χ0v) is 15.1. The van der Waals surface area contributed by atoms with E-state index < -0.39 is 17.2 Å². The number of anilines is 2. The lowest BCUT2D eigenvalue weighted by Gasteiger charge is -2.23. The molecule has 0 amide bonds. The van der Waals surface area contributed by atoms with E-state index in [0.717, 1.165) is 19.3 Å². The van der Waals surface area contributed by atoms with E-state index in [-0.39, 0.29) is 34.6 Å². The standard InChI is InChI=1S/C19H23FN4O3/c1-9(21)10-4-5-23(7-10)14-6-13-15(17(22)16(14)20)18(25)12(19(26)27)8-24(13)11-2-3-11/h6,8-11H,2-5,7,21-22H2,1H3,(H,26,27)/t9-,10+/m0/s1. The molecule has 0 bridgehead atoms. The molecule has 144 valence electrons. The number of nitrogen functional groups attached to an aromatic ring is 1. The van der Waals surface area contributed by atoms with Crippen molar-refractivity contribution in [3.8, 4) is 0 Å². The quantitative estimate of drug-likeness (QED) is 0.705. The van der Waals surface area contributed by atoms with Gasteiger partial charge in [0.25, 0.3) is 0 Å². The zero-order chi connectivity index (χ0) is 19.5. The molecule has 2 aromatic rings. The minimum Gasteiger partial charge on any atom is -0.477 e. The number of nitrogens with two attached hydrogens (primary N) is 2. The van der Waals surface area contributed by atoms with Crippen molar-refractivity contribution in [2.24, 2.45) is 11.7 Å². The lowest BCUT2D eigenvalue weighted by molar-refractivity contribution is 0.0695. The molecule has 2 atom stereocenters. The minimum atomic E-state index is -1.33. The lowest BCUT2D eigenvalue weighted by atomic mass is 10.0. The second kappa shape index (κ2) is 6.23. The van der Waals surface area contributed by atoms with Gasteiger partial charge in [-0.3, -0.25) is 4.79 Å². The van der Waals surface area contributed by atoms with Gasteiger partial charge in [-0.1, -0.05) is 0 Å². The molecular weight excluding hydrogens is 351 g/mol. The van der Waals surface area contributed by atoms with Crippen LogP contribution in [0.1, 0.15) is 42.6 Å². The van der Waals surface area contributed by atoms with Crippen LogP contribution in [0.4, 0.5) is 15.8 Å². The molecule has 1 saturated carbocycles. The first-order chi connectivity index (χ1) is 12.8. The van der Waals surface area contributed by atoms with Crippen LogP contribution in [0.15, 0.2) is 17.1 Å². The van der Waals surface area contributed by atoms with Crippen LogP contribution < -0.4 is 21.8 Å². The molecule has 27 heavy (non-hydrogen) atoms. The van der Waals surface area contributed by atoms with Crippen LogP contribution in [0.2, 0.25) is 0 Å². The highest BCUT2D eigenvalue weighted by Gasteiger charge is 2.31. The van der Waals surface area contributed by atoms with Gasteiger partial charge in [-0.05, 0) is 38.2 Å². The molecule has 2 aliphatic rings. The van der Waals surface area contributed by atoms with Crippen LogP contribution in [0.5, 0.6) is 0 Å². The smallest absolute Gasteiger partial charge is 0.341 e. The van der Waals surface area contributed by atoms with Crippen LogP contribution in [0.3, 0.4) is 0 Å². The highest BCUT2D eigenvalue weighted by Crippen LogP contribution is 2.40. The van der Waals surface area contributed by atoms with Crippen LogP contribution in [-0.4, -0.2) is 34.8 Å². The van der Waals surface area contributed by atoms with E-state index in [1.54, 1.807) is 10.6 Å². The largest absolute Gasteiger partial charge is 0.477 e. The fourth-order valence-corrected chi connectivity index (χ4v) is 3.97. The van der Waals surface area contributed by atoms with E-state index in [2.05, 4.69) is 0 Å². The van der Waals surface area contributed by atoms with Crippen LogP contribution >= 0.6 is 0 Å². The van der Waals surface area contributed by atoms with Crippen molar-refractivity contribution in [3.05, 3.63) is 33.9 Å². The summed E-state index contributed by atoms with van der Waals surface area (Å²) in [6, 6.07) is 1.76. The number of carboxylic acids is 1. The number of nitrogens with zero attached hydrogens (tertiary/aromatic N) is 2. The van der Waals surface area contributed by atoms with Gasteiger partial charge in [-0.15, -0.1) is 0 Å². The Kier molecular flexibility index (Phi) is 4.10. The SMILES string of the molecule is C[C@H](N)[C@@H]1CCN(c2cc3c(c(N)c2F)c(=O)c(C(=O)O)cn3C2CC2)C1. The molecule has 2 heterocycles. The number of aromatic nitrogens is 1. The number of hydrogen-bond acceptors (Lipinski definition) is 5. The zero-order valence-electron chi connectivity index (χ0n) is 15.1. The average Bonchev–Trinajstić information content (AvgIpc) is 3.33. The van der Waals surface area contributed by atoms with Gasteiger partial charge in [-0.25, -0.2) is 9.18 Å². The summed E-state index contributed by atoms with van der Waals surface area (Å²) in [4.78, 5) is 26.0. The Morgan fingerprint density at radius 1 is 1.37 bits per heavy atom. The van der Waals surface area contributed by atoms with Crippen molar-refractivity contribution in [3.63, 3.8) is 0 Å². The van der Waals surface area contributed by atoms with Gasteiger partial charge in [0.05, 0.1) is 22.3 Å². The number of carbonyl (C=O) groups is 1. The number of pyridine rings is 1. The summed E-state index contributed by atoms with van der Waals surface area (Å²) in [5.74, 6) is -1.74. The molecule has 1 aromatic carbocycles. The number of rotatable bonds is 4. The number of hydrogen-bond donors (Lipinski definition) is 3. The van der Waals surface area contributed by atoms with Crippen LogP contribution in [-0.2, 0) is 0 Å². The van der Waals surface area contributed by atoms with E-state index in [0.29, 0.717) is 24.3 Å². The maximum absolute atomic E-state index is 15.1. The number of fused-ring (bicyclic) bond motifs is 1. The van der Waals surface area contributed by atoms with Gasteiger partial charge in [-0.2, -0.15) is 0 Å². The molecule has 8 heteroatoms. The van der Waals surface area contributed by atoms with Gasteiger partial charge in [0.15, 0.2) is 5.82 Å². The number of benzene rings is 1. The number of aromatic carboxylic acids is 1. The van der Waals surface area contributed by atoms with Crippen LogP contribution in [0.25, 0.3) is 10.9 Å². The summed E-state index contributed by atoms with van der Waals surface area (Å²) in [6.45, 7) is 3.23. The van der Waals surface area contributed by atoms with Gasteiger partial charge in [0.1, 0.15) is 5.56 Å². The molecule has 1 saturated heterocycles. The van der Waals surface area contributed by atoms with Crippen molar-refractivity contribution in [1.29, 1.82) is 0 Å². The van der Waals surface area contributed by atoms with E-state index in [1.165, 1.54) is 6.20 Å². The molecule has 0 unspecified atom stereocenters. The Balaban J connectivity index is 1.93. The summed E-state index contributed by atoms with van der Waals surface area (Å²) in [5, 5.41) is 9.30. The van der Waals surface area contributed by atoms with E-state index in [1.807, 2.05) is 11.8 Å². The van der Waals surface area contributed by atoms with Crippen molar-refractivity contribution in [2.45, 2.75) is 38.3 Å². The summed E-state index contributed by atoms with van der Waals surface area (Å²) in [5.41, 5.74) is 11.4. The fraction of sp³-hybridized carbons (Fsp3) is 0.474. The molecule has 1 aliphatic heterocycles. The first kappa shape index (κ1) is 17.8. The Labute approximate surface area is 155 Å². The predicted molar refractivity (Wildman–Crippen MR) is 102 cm³/mol. The molecule has 0 radical (unpaired) electrons. The monoisotopic (exact) mass is 374 g/mol. The molecular formula is C19H23FN4O3. The minimum absolute atomic E-state index is 0.0126. The highest BCUT2D eigenvalue weighted by atomic mass is 19.1. The second-order valence-corrected chi connectivity index (χ2v) is 7.69. The Morgan fingerprint density at radius 2 is 2.07 bits per heavy atom. The summed E-state index contributed by atoms with van der Waals surface area (Å²) < 4.78 is 16.8. The number of carboxylic acid groups (broad SMARTS) is 1. The topological polar surface area (TPSA) is 115 Å². The molecule has 4 rings (SSSR count). The third kappa shape index (κ3) is 2.84. The van der Waals surface area contributed by atoms with Gasteiger partial charge >= 0.3 is 5.97 Å². The third-order valence-electron chi connectivity index (χ3n) is 5.76. The molecule has 5 N–H and O–H groups in total. The molecule has 7 nitrogen and oxygen atoms in total. The van der Waals surface area contributed by atoms with Crippen molar-refractivity contribution in [1.82, 2.24) is 4.57 Å². The van der Waals surface area contributed by atoms with Gasteiger partial charge in [0.2, 0.25) is 5.43 Å². The Morgan fingerprint density at radius 3 is 2.63 bits per heavy atom. The Hall–Kier alpha value is -2.61. The van der Waals surface area contributed by atoms with Gasteiger partial charge < -0.3 is 26.0 Å². The third-order valence-corrected chi connectivity index (χ3v) is 5.76. The summed E-state index contributed by atoms with van der Waals surface area (Å²) >= 11 is 0. The molecule has 2 fully saturated rings. The van der Waals surface area contributed by atoms with E-state index in [4.69, 9.17) is 11.5 Å². The summed E-state index contributed by atoms with van der Waals surface area (Å²) in [6.07, 6.45) is 4.00. The summed E-state index contributed by atoms with van der Waals surface area (Å²) in [7, 11) is 0. The van der Waals surface area contributed by atoms with E-state index >= 15 is 4.39 Å². The van der Waals surface area contributed by atoms with Crippen molar-refractivity contribution >= 4 is 28.2 Å². The maximum atomic E-state index is 15.1. The normalized spacial score (nSPS) is 21.0. The van der Waals surface area contributed by atoms with E-state index in [9.17, 15) is 14.7 Å². The van der Waals surface area contributed by atoms with Crippen LogP contribution in [0, 0.1) is 11.7 Å². The lowest BCUT2D eigenvalue weighted by Crippen LogP contribution is -2.30. The second-order valence-electron chi connectivity index (χ2n) is 7.69. The number of halogens is 1. The molecule has 1 aliphatic carbocycles. The predicted octanol–water partition coefficient (Wildman–Crippen LogP) is 1.93. The molecule has 0 spiro atoms. The van der Waals surface area contributed by atoms with Crippen molar-refractivity contribution < 1.29 is 14.3 Å². The highest BCUT2D eigenvalue weighted by molar-refractivity contribution is 5.99. The maximum Gasteiger partial charge on any atom is 0.341 e. The van der Waals surface area contributed by atoms with Gasteiger partial charge in [0, 0.05) is 31.4 Å². The fourth-order valence-electron chi connectivity index (χ4n) is 3.97. The average molecular weight is 374 g/mol. The first-order valence-electron chi connectivity index (χ1n) is 9.20. The first-order valence-corrected chi connectivity index (χ1v) is 9.20.